The van der Waals surface area contributed by atoms with Crippen molar-refractivity contribution in [2.24, 2.45) is 0 Å². The first-order valence-electron chi connectivity index (χ1n) is 6.40. The van der Waals surface area contributed by atoms with Crippen molar-refractivity contribution in [3.05, 3.63) is 39.0 Å². The van der Waals surface area contributed by atoms with Crippen molar-refractivity contribution in [1.29, 1.82) is 0 Å². The molecular formula is C14H16Br2N4. The summed E-state index contributed by atoms with van der Waals surface area (Å²) in [5.74, 6) is 1.54. The summed E-state index contributed by atoms with van der Waals surface area (Å²) < 4.78 is 1.87. The van der Waals surface area contributed by atoms with Gasteiger partial charge in [0.2, 0.25) is 0 Å². The average molecular weight is 400 g/mol. The Bertz CT molecular complexity index is 602. The molecule has 0 fully saturated rings. The largest absolute Gasteiger partial charge is 0.369 e. The van der Waals surface area contributed by atoms with Crippen molar-refractivity contribution in [3.63, 3.8) is 0 Å². The van der Waals surface area contributed by atoms with Gasteiger partial charge in [-0.15, -0.1) is 0 Å². The summed E-state index contributed by atoms with van der Waals surface area (Å²) >= 11 is 7.13. The second-order valence-corrected chi connectivity index (χ2v) is 5.96. The van der Waals surface area contributed by atoms with Crippen LogP contribution in [0.5, 0.6) is 0 Å². The normalized spacial score (nSPS) is 10.4. The highest BCUT2D eigenvalue weighted by molar-refractivity contribution is 9.11. The van der Waals surface area contributed by atoms with Crippen LogP contribution in [-0.4, -0.2) is 16.5 Å². The zero-order chi connectivity index (χ0) is 14.5. The molecule has 0 aliphatic carbocycles. The molecule has 0 amide bonds. The van der Waals surface area contributed by atoms with Gasteiger partial charge < -0.3 is 10.6 Å². The predicted molar refractivity (Wildman–Crippen MR) is 90.7 cm³/mol. The Morgan fingerprint density at radius 2 is 1.85 bits per heavy atom. The summed E-state index contributed by atoms with van der Waals surface area (Å²) in [6.45, 7) is 5.05. The number of aryl methyl sites for hydroxylation is 1. The number of aromatic nitrogens is 2. The van der Waals surface area contributed by atoms with E-state index in [1.54, 1.807) is 6.33 Å². The molecule has 1 heterocycles. The first-order valence-corrected chi connectivity index (χ1v) is 7.98. The third-order valence-electron chi connectivity index (χ3n) is 2.78. The van der Waals surface area contributed by atoms with Crippen LogP contribution in [-0.2, 0) is 0 Å². The number of nitrogens with one attached hydrogen (secondary N) is 2. The molecule has 0 aliphatic rings. The van der Waals surface area contributed by atoms with Crippen LogP contribution < -0.4 is 10.6 Å². The molecule has 0 atom stereocenters. The van der Waals surface area contributed by atoms with E-state index in [0.29, 0.717) is 0 Å². The predicted octanol–water partition coefficient (Wildman–Crippen LogP) is 4.88. The van der Waals surface area contributed by atoms with E-state index in [4.69, 9.17) is 0 Å². The molecule has 0 spiro atoms. The first-order chi connectivity index (χ1) is 9.63. The summed E-state index contributed by atoms with van der Waals surface area (Å²) in [7, 11) is 0. The van der Waals surface area contributed by atoms with Gasteiger partial charge in [-0.3, -0.25) is 0 Å². The second kappa shape index (κ2) is 7.04. The standard InChI is InChI=1S/C14H16Br2N4/c1-3-7-17-13-12(16)14(19-8-18-13)20-10-6-4-5-9(2)11(10)15/h4-6,8H,3,7H2,1-2H3,(H2,17,18,19,20). The molecule has 0 saturated heterocycles. The van der Waals surface area contributed by atoms with Crippen molar-refractivity contribution in [2.45, 2.75) is 20.3 Å². The maximum Gasteiger partial charge on any atom is 0.150 e. The Morgan fingerprint density at radius 3 is 2.60 bits per heavy atom. The van der Waals surface area contributed by atoms with Gasteiger partial charge in [-0.05, 0) is 56.8 Å². The van der Waals surface area contributed by atoms with Gasteiger partial charge in [0.15, 0.2) is 0 Å². The molecular weight excluding hydrogens is 384 g/mol. The van der Waals surface area contributed by atoms with E-state index >= 15 is 0 Å². The Hall–Kier alpha value is -1.14. The SMILES string of the molecule is CCCNc1ncnc(Nc2cccc(C)c2Br)c1Br. The second-order valence-electron chi connectivity index (χ2n) is 4.37. The van der Waals surface area contributed by atoms with Crippen molar-refractivity contribution < 1.29 is 0 Å². The smallest absolute Gasteiger partial charge is 0.150 e. The molecule has 1 aromatic heterocycles. The lowest BCUT2D eigenvalue weighted by Gasteiger charge is -2.13. The number of hydrogen-bond donors (Lipinski definition) is 2. The highest BCUT2D eigenvalue weighted by Gasteiger charge is 2.10. The minimum absolute atomic E-state index is 0.741. The average Bonchev–Trinajstić information content (AvgIpc) is 2.44. The number of benzene rings is 1. The van der Waals surface area contributed by atoms with Crippen LogP contribution in [0.2, 0.25) is 0 Å². The molecule has 0 bridgehead atoms. The highest BCUT2D eigenvalue weighted by Crippen LogP contribution is 2.32. The van der Waals surface area contributed by atoms with Crippen LogP contribution >= 0.6 is 31.9 Å². The van der Waals surface area contributed by atoms with Gasteiger partial charge in [-0.25, -0.2) is 9.97 Å². The topological polar surface area (TPSA) is 49.8 Å². The molecule has 106 valence electrons. The van der Waals surface area contributed by atoms with Gasteiger partial charge in [0.25, 0.3) is 0 Å². The lowest BCUT2D eigenvalue weighted by Crippen LogP contribution is -2.05. The van der Waals surface area contributed by atoms with Crippen LogP contribution in [0, 0.1) is 6.92 Å². The fourth-order valence-electron chi connectivity index (χ4n) is 1.70. The first kappa shape index (κ1) is 15.3. The lowest BCUT2D eigenvalue weighted by molar-refractivity contribution is 0.962. The van der Waals surface area contributed by atoms with E-state index in [1.807, 2.05) is 12.1 Å². The maximum absolute atomic E-state index is 4.28. The van der Waals surface area contributed by atoms with E-state index in [9.17, 15) is 0 Å². The molecule has 0 unspecified atom stereocenters. The van der Waals surface area contributed by atoms with E-state index in [2.05, 4.69) is 72.4 Å². The van der Waals surface area contributed by atoms with Crippen LogP contribution in [0.25, 0.3) is 0 Å². The number of rotatable bonds is 5. The molecule has 2 rings (SSSR count). The van der Waals surface area contributed by atoms with Gasteiger partial charge in [0.05, 0.1) is 5.69 Å². The monoisotopic (exact) mass is 398 g/mol. The van der Waals surface area contributed by atoms with E-state index in [1.165, 1.54) is 5.56 Å². The number of nitrogens with zero attached hydrogens (tertiary/aromatic N) is 2. The van der Waals surface area contributed by atoms with Gasteiger partial charge in [-0.2, -0.15) is 0 Å². The van der Waals surface area contributed by atoms with Crippen LogP contribution in [0.1, 0.15) is 18.9 Å². The third-order valence-corrected chi connectivity index (χ3v) is 4.58. The minimum Gasteiger partial charge on any atom is -0.369 e. The summed E-state index contributed by atoms with van der Waals surface area (Å²) in [5.41, 5.74) is 2.15. The Balaban J connectivity index is 2.27. The van der Waals surface area contributed by atoms with Crippen molar-refractivity contribution in [2.75, 3.05) is 17.2 Å². The van der Waals surface area contributed by atoms with E-state index in [-0.39, 0.29) is 0 Å². The van der Waals surface area contributed by atoms with Crippen molar-refractivity contribution in [3.8, 4) is 0 Å². The van der Waals surface area contributed by atoms with Gasteiger partial charge in [0.1, 0.15) is 22.4 Å². The minimum atomic E-state index is 0.741. The van der Waals surface area contributed by atoms with Crippen molar-refractivity contribution in [1.82, 2.24) is 9.97 Å². The highest BCUT2D eigenvalue weighted by atomic mass is 79.9. The molecule has 0 aliphatic heterocycles. The quantitative estimate of drug-likeness (QED) is 0.752. The summed E-state index contributed by atoms with van der Waals surface area (Å²) in [5, 5.41) is 6.58. The van der Waals surface area contributed by atoms with Crippen LogP contribution in [0.3, 0.4) is 0 Å². The van der Waals surface area contributed by atoms with Gasteiger partial charge in [0, 0.05) is 11.0 Å². The molecule has 4 nitrogen and oxygen atoms in total. The Kier molecular flexibility index (Phi) is 5.37. The van der Waals surface area contributed by atoms with Crippen LogP contribution in [0.15, 0.2) is 33.5 Å². The molecule has 6 heteroatoms. The fourth-order valence-corrected chi connectivity index (χ4v) is 2.50. The number of anilines is 3. The fraction of sp³-hybridized carbons (Fsp3) is 0.286. The van der Waals surface area contributed by atoms with E-state index in [0.717, 1.165) is 39.2 Å². The molecule has 1 aromatic carbocycles. The molecule has 0 radical (unpaired) electrons. The number of halogens is 2. The molecule has 20 heavy (non-hydrogen) atoms. The van der Waals surface area contributed by atoms with E-state index < -0.39 is 0 Å². The maximum atomic E-state index is 4.28. The Labute approximate surface area is 135 Å². The molecule has 2 N–H and O–H groups in total. The number of hydrogen-bond acceptors (Lipinski definition) is 4. The van der Waals surface area contributed by atoms with Gasteiger partial charge >= 0.3 is 0 Å². The Morgan fingerprint density at radius 1 is 1.10 bits per heavy atom. The summed E-state index contributed by atoms with van der Waals surface area (Å²) in [6, 6.07) is 6.07. The summed E-state index contributed by atoms with van der Waals surface area (Å²) in [6.07, 6.45) is 2.59. The van der Waals surface area contributed by atoms with Gasteiger partial charge in [-0.1, -0.05) is 19.1 Å². The summed E-state index contributed by atoms with van der Waals surface area (Å²) in [4.78, 5) is 8.52. The molecule has 2 aromatic rings. The third kappa shape index (κ3) is 3.49. The zero-order valence-corrected chi connectivity index (χ0v) is 14.5. The zero-order valence-electron chi connectivity index (χ0n) is 11.4. The van der Waals surface area contributed by atoms with Crippen LogP contribution in [0.4, 0.5) is 17.3 Å². The lowest BCUT2D eigenvalue weighted by atomic mass is 10.2. The molecule has 0 saturated carbocycles. The van der Waals surface area contributed by atoms with Crippen molar-refractivity contribution >= 4 is 49.2 Å².